The van der Waals surface area contributed by atoms with Crippen LogP contribution in [-0.4, -0.2) is 65.4 Å². The highest BCUT2D eigenvalue weighted by atomic mass is 19.1. The van der Waals surface area contributed by atoms with Gasteiger partial charge in [0.1, 0.15) is 11.6 Å². The number of halogens is 3. The molecule has 3 saturated carbocycles. The number of likely N-dealkylation sites (tertiary alicyclic amines) is 1. The van der Waals surface area contributed by atoms with Gasteiger partial charge >= 0.3 is 0 Å². The van der Waals surface area contributed by atoms with Crippen molar-refractivity contribution in [2.24, 2.45) is 5.41 Å². The van der Waals surface area contributed by atoms with E-state index in [1.54, 1.807) is 0 Å². The summed E-state index contributed by atoms with van der Waals surface area (Å²) in [5, 5.41) is 13.3. The molecule has 2 aliphatic heterocycles. The number of hydrogen-bond acceptors (Lipinski definition) is 4. The number of fused-ring (bicyclic) bond motifs is 2. The predicted octanol–water partition coefficient (Wildman–Crippen LogP) is 5.87. The minimum atomic E-state index is -0.500. The third-order valence-corrected chi connectivity index (χ3v) is 10.3. The van der Waals surface area contributed by atoms with E-state index in [9.17, 15) is 9.50 Å². The molecular formula is C32H38F3N3O. The summed E-state index contributed by atoms with van der Waals surface area (Å²) in [5.41, 5.74) is 5.39. The smallest absolute Gasteiger partial charge is 0.133 e. The number of aliphatic hydroxyl groups excluding tert-OH is 1. The Morgan fingerprint density at radius 2 is 1.85 bits per heavy atom. The first-order valence-electron chi connectivity index (χ1n) is 14.6. The molecule has 6 aliphatic rings. The number of alkyl halides is 1. The molecule has 0 aromatic heterocycles. The summed E-state index contributed by atoms with van der Waals surface area (Å²) in [7, 11) is 0. The fraction of sp³-hybridized carbons (Fsp3) is 0.562. The molecule has 4 fully saturated rings. The maximum atomic E-state index is 16.1. The zero-order valence-corrected chi connectivity index (χ0v) is 22.7. The molecule has 2 aromatic rings. The van der Waals surface area contributed by atoms with Crippen LogP contribution in [0.4, 0.5) is 18.9 Å². The highest BCUT2D eigenvalue weighted by Gasteiger charge is 2.71. The van der Waals surface area contributed by atoms with Gasteiger partial charge in [-0.2, -0.15) is 0 Å². The lowest BCUT2D eigenvalue weighted by atomic mass is 9.38. The maximum Gasteiger partial charge on any atom is 0.133 e. The normalized spacial score (nSPS) is 33.5. The quantitative estimate of drug-likeness (QED) is 0.442. The number of anilines is 1. The number of benzene rings is 2. The van der Waals surface area contributed by atoms with Crippen LogP contribution in [0.15, 0.2) is 42.0 Å². The van der Waals surface area contributed by atoms with E-state index in [4.69, 9.17) is 0 Å². The van der Waals surface area contributed by atoms with Crippen LogP contribution in [0, 0.1) is 17.0 Å². The van der Waals surface area contributed by atoms with E-state index >= 15 is 8.78 Å². The van der Waals surface area contributed by atoms with Gasteiger partial charge in [-0.25, -0.2) is 8.78 Å². The topological polar surface area (TPSA) is 38.7 Å². The largest absolute Gasteiger partial charge is 0.396 e. The SMILES string of the molecule is C[C@H]1CC2=C(Cc3ccccc32)[C@H](c2c(F)cc(N[C@H]3CCN(CCCF)C3)cc2F)N1C12CC(CO)(C1)C2. The second-order valence-electron chi connectivity index (χ2n) is 12.9. The van der Waals surface area contributed by atoms with Crippen LogP contribution in [0.5, 0.6) is 0 Å². The number of nitrogens with one attached hydrogen (secondary N) is 1. The molecule has 0 radical (unpaired) electrons. The van der Waals surface area contributed by atoms with E-state index in [1.807, 2.05) is 6.07 Å². The highest BCUT2D eigenvalue weighted by Crippen LogP contribution is 2.72. The molecule has 2 aromatic carbocycles. The molecule has 8 rings (SSSR count). The van der Waals surface area contributed by atoms with Crippen LogP contribution in [0.2, 0.25) is 0 Å². The van der Waals surface area contributed by atoms with Crippen molar-refractivity contribution in [2.75, 3.05) is 38.2 Å². The number of rotatable bonds is 8. The number of hydrogen-bond donors (Lipinski definition) is 2. The van der Waals surface area contributed by atoms with Crippen LogP contribution in [0.1, 0.15) is 68.2 Å². The van der Waals surface area contributed by atoms with Gasteiger partial charge in [-0.3, -0.25) is 9.29 Å². The van der Waals surface area contributed by atoms with E-state index in [-0.39, 0.29) is 41.9 Å². The predicted molar refractivity (Wildman–Crippen MR) is 147 cm³/mol. The molecule has 0 unspecified atom stereocenters. The molecule has 0 amide bonds. The van der Waals surface area contributed by atoms with Crippen molar-refractivity contribution in [1.82, 2.24) is 9.80 Å². The van der Waals surface area contributed by atoms with Crippen LogP contribution in [0.25, 0.3) is 5.57 Å². The average molecular weight is 538 g/mol. The lowest BCUT2D eigenvalue weighted by Gasteiger charge is -2.76. The molecule has 1 saturated heterocycles. The van der Waals surface area contributed by atoms with Crippen molar-refractivity contribution in [2.45, 2.75) is 75.5 Å². The third kappa shape index (κ3) is 3.98. The Morgan fingerprint density at radius 3 is 2.56 bits per heavy atom. The Bertz CT molecular complexity index is 1280. The van der Waals surface area contributed by atoms with Gasteiger partial charge in [-0.15, -0.1) is 0 Å². The molecule has 2 heterocycles. The average Bonchev–Trinajstić information content (AvgIpc) is 3.46. The van der Waals surface area contributed by atoms with Gasteiger partial charge in [0.05, 0.1) is 12.7 Å². The molecule has 7 heteroatoms. The minimum absolute atomic E-state index is 0.00179. The zero-order chi connectivity index (χ0) is 26.9. The van der Waals surface area contributed by atoms with Crippen LogP contribution < -0.4 is 5.32 Å². The van der Waals surface area contributed by atoms with Crippen molar-refractivity contribution in [3.63, 3.8) is 0 Å². The summed E-state index contributed by atoms with van der Waals surface area (Å²) in [6, 6.07) is 11.1. The molecule has 2 bridgehead atoms. The monoisotopic (exact) mass is 537 g/mol. The van der Waals surface area contributed by atoms with Crippen molar-refractivity contribution < 1.29 is 18.3 Å². The molecule has 208 valence electrons. The van der Waals surface area contributed by atoms with Gasteiger partial charge in [0.2, 0.25) is 0 Å². The van der Waals surface area contributed by atoms with Crippen LogP contribution in [0.3, 0.4) is 0 Å². The van der Waals surface area contributed by atoms with Crippen molar-refractivity contribution in [3.05, 3.63) is 70.3 Å². The van der Waals surface area contributed by atoms with E-state index in [0.29, 0.717) is 18.7 Å². The first-order valence-corrected chi connectivity index (χ1v) is 14.6. The summed E-state index contributed by atoms with van der Waals surface area (Å²) in [4.78, 5) is 4.62. The van der Waals surface area contributed by atoms with Gasteiger partial charge < -0.3 is 15.3 Å². The fourth-order valence-corrected chi connectivity index (χ4v) is 8.81. The van der Waals surface area contributed by atoms with E-state index < -0.39 is 17.7 Å². The van der Waals surface area contributed by atoms with E-state index in [2.05, 4.69) is 40.2 Å². The lowest BCUT2D eigenvalue weighted by Crippen LogP contribution is -2.77. The van der Waals surface area contributed by atoms with Crippen molar-refractivity contribution >= 4 is 11.3 Å². The number of aliphatic hydroxyl groups is 1. The molecule has 3 atom stereocenters. The summed E-state index contributed by atoms with van der Waals surface area (Å²) < 4.78 is 44.9. The summed E-state index contributed by atoms with van der Waals surface area (Å²) in [6.07, 6.45) is 5.68. The zero-order valence-electron chi connectivity index (χ0n) is 22.7. The maximum absolute atomic E-state index is 16.1. The van der Waals surface area contributed by atoms with Gasteiger partial charge in [0, 0.05) is 55.1 Å². The van der Waals surface area contributed by atoms with Crippen molar-refractivity contribution in [1.29, 1.82) is 0 Å². The van der Waals surface area contributed by atoms with Gasteiger partial charge in [-0.1, -0.05) is 24.3 Å². The second kappa shape index (κ2) is 9.35. The van der Waals surface area contributed by atoms with E-state index in [0.717, 1.165) is 57.2 Å². The highest BCUT2D eigenvalue weighted by molar-refractivity contribution is 5.79. The first kappa shape index (κ1) is 25.6. The Kier molecular flexibility index (Phi) is 6.14. The summed E-state index contributed by atoms with van der Waals surface area (Å²) in [6.45, 7) is 4.40. The Hall–Kier alpha value is -2.35. The minimum Gasteiger partial charge on any atom is -0.396 e. The summed E-state index contributed by atoms with van der Waals surface area (Å²) >= 11 is 0. The molecule has 4 nitrogen and oxygen atoms in total. The standard InChI is InChI=1S/C32H38F3N3O/c1-20-11-25-24-6-3-2-5-21(24)12-26(25)30(38(20)32-16-31(17-32,18-32)19-39)29-27(34)13-23(14-28(29)35)36-22-7-10-37(15-22)9-4-8-33/h2-3,5-6,13-14,20,22,30,36,39H,4,7-12,15-19H2,1H3/t20-,22-,30+,31?,32?/m0/s1. The number of nitrogens with zero attached hydrogens (tertiary/aromatic N) is 2. The Balaban J connectivity index is 1.22. The second-order valence-corrected chi connectivity index (χ2v) is 12.9. The lowest BCUT2D eigenvalue weighted by molar-refractivity contribution is -0.253. The van der Waals surface area contributed by atoms with Crippen molar-refractivity contribution in [3.8, 4) is 0 Å². The molecule has 2 N–H and O–H groups in total. The third-order valence-electron chi connectivity index (χ3n) is 10.3. The molecule has 0 spiro atoms. The molecule has 39 heavy (non-hydrogen) atoms. The molecular weight excluding hydrogens is 499 g/mol. The van der Waals surface area contributed by atoms with Gasteiger partial charge in [0.15, 0.2) is 0 Å². The van der Waals surface area contributed by atoms with Crippen LogP contribution >= 0.6 is 0 Å². The first-order chi connectivity index (χ1) is 18.9. The van der Waals surface area contributed by atoms with Gasteiger partial charge in [-0.05, 0) is 91.7 Å². The summed E-state index contributed by atoms with van der Waals surface area (Å²) in [5.74, 6) is -1.000. The van der Waals surface area contributed by atoms with E-state index in [1.165, 1.54) is 28.8 Å². The Labute approximate surface area is 228 Å². The molecule has 4 aliphatic carbocycles. The van der Waals surface area contributed by atoms with Crippen LogP contribution in [-0.2, 0) is 6.42 Å². The fourth-order valence-electron chi connectivity index (χ4n) is 8.81. The Morgan fingerprint density at radius 1 is 1.10 bits per heavy atom. The van der Waals surface area contributed by atoms with Gasteiger partial charge in [0.25, 0.3) is 0 Å².